The summed E-state index contributed by atoms with van der Waals surface area (Å²) >= 11 is 5.92. The Hall–Kier alpha value is -2.09. The Morgan fingerprint density at radius 1 is 1.32 bits per heavy atom. The van der Waals surface area contributed by atoms with Gasteiger partial charge in [0, 0.05) is 30.3 Å². The monoisotopic (exact) mass is 367 g/mol. The first-order chi connectivity index (χ1) is 11.9. The first-order valence-corrected chi connectivity index (χ1v) is 8.59. The van der Waals surface area contributed by atoms with Crippen molar-refractivity contribution >= 4 is 23.5 Å². The summed E-state index contributed by atoms with van der Waals surface area (Å²) in [6.07, 6.45) is 0.456. The third-order valence-corrected chi connectivity index (χ3v) is 4.26. The molecule has 0 aromatic heterocycles. The molecule has 0 fully saturated rings. The summed E-state index contributed by atoms with van der Waals surface area (Å²) in [4.78, 5) is 25.3. The topological polar surface area (TPSA) is 90.5 Å². The number of nitrogens with zero attached hydrogens (tertiary/aromatic N) is 1. The van der Waals surface area contributed by atoms with E-state index in [4.69, 9.17) is 16.7 Å². The smallest absolute Gasteiger partial charge is 0.396 e. The number of rotatable bonds is 8. The molecule has 1 aromatic rings. The molecule has 0 saturated heterocycles. The van der Waals surface area contributed by atoms with Crippen molar-refractivity contribution in [2.24, 2.45) is 0 Å². The van der Waals surface area contributed by atoms with Gasteiger partial charge in [-0.05, 0) is 25.5 Å². The first kappa shape index (κ1) is 19.2. The molecule has 1 aliphatic rings. The summed E-state index contributed by atoms with van der Waals surface area (Å²) in [6.45, 7) is 3.12. The van der Waals surface area contributed by atoms with E-state index in [2.05, 4.69) is 16.0 Å². The summed E-state index contributed by atoms with van der Waals surface area (Å²) in [7, 11) is 1.70. The van der Waals surface area contributed by atoms with E-state index in [1.807, 2.05) is 19.1 Å². The summed E-state index contributed by atoms with van der Waals surface area (Å²) in [5.74, 6) is 0.0877. The minimum Gasteiger partial charge on any atom is -0.396 e. The molecule has 1 aliphatic heterocycles. The number of quaternary nitrogens is 1. The van der Waals surface area contributed by atoms with Gasteiger partial charge in [-0.1, -0.05) is 23.7 Å². The van der Waals surface area contributed by atoms with Gasteiger partial charge in [0.15, 0.2) is 5.82 Å². The lowest BCUT2D eigenvalue weighted by atomic mass is 10.1. The lowest BCUT2D eigenvalue weighted by molar-refractivity contribution is -0.796. The highest BCUT2D eigenvalue weighted by molar-refractivity contribution is 6.30. The second-order valence-electron chi connectivity index (χ2n) is 5.99. The second-order valence-corrected chi connectivity index (χ2v) is 6.43. The fraction of sp³-hybridized carbons (Fsp3) is 0.412. The van der Waals surface area contributed by atoms with Crippen molar-refractivity contribution in [1.82, 2.24) is 16.0 Å². The highest BCUT2D eigenvalue weighted by atomic mass is 35.5. The van der Waals surface area contributed by atoms with Gasteiger partial charge in [-0.2, -0.15) is 4.48 Å². The van der Waals surface area contributed by atoms with E-state index in [-0.39, 0.29) is 23.0 Å². The van der Waals surface area contributed by atoms with Crippen molar-refractivity contribution in [3.8, 4) is 0 Å². The molecule has 3 amide bonds. The highest BCUT2D eigenvalue weighted by Crippen LogP contribution is 2.28. The predicted molar refractivity (Wildman–Crippen MR) is 95.3 cm³/mol. The van der Waals surface area contributed by atoms with Crippen LogP contribution in [-0.4, -0.2) is 48.3 Å². The van der Waals surface area contributed by atoms with Crippen molar-refractivity contribution in [2.45, 2.75) is 19.9 Å². The summed E-state index contributed by atoms with van der Waals surface area (Å²) < 4.78 is -0.199. The van der Waals surface area contributed by atoms with E-state index in [0.29, 0.717) is 42.6 Å². The van der Waals surface area contributed by atoms with Gasteiger partial charge in [-0.3, -0.25) is 10.1 Å². The molecular weight excluding hydrogens is 344 g/mol. The largest absolute Gasteiger partial charge is 0.427 e. The number of aliphatic hydroxyl groups is 1. The Labute approximate surface area is 152 Å². The Morgan fingerprint density at radius 3 is 2.60 bits per heavy atom. The Balaban J connectivity index is 2.32. The van der Waals surface area contributed by atoms with Gasteiger partial charge in [0.25, 0.3) is 0 Å². The second kappa shape index (κ2) is 8.33. The minimum absolute atomic E-state index is 0.00647. The molecule has 0 spiro atoms. The van der Waals surface area contributed by atoms with E-state index in [0.717, 1.165) is 5.56 Å². The number of hydrogen-bond acceptors (Lipinski definition) is 4. The highest BCUT2D eigenvalue weighted by Gasteiger charge is 2.49. The van der Waals surface area contributed by atoms with E-state index < -0.39 is 0 Å². The maximum absolute atomic E-state index is 12.7. The maximum atomic E-state index is 12.7. The zero-order valence-corrected chi connectivity index (χ0v) is 15.2. The number of hydrogen-bond donors (Lipinski definition) is 4. The van der Waals surface area contributed by atoms with E-state index in [1.165, 1.54) is 0 Å². The number of carbonyl (C=O) groups is 2. The minimum atomic E-state index is -0.334. The zero-order valence-electron chi connectivity index (χ0n) is 14.4. The Bertz CT molecular complexity index is 675. The van der Waals surface area contributed by atoms with E-state index in [1.54, 1.807) is 19.2 Å². The lowest BCUT2D eigenvalue weighted by Crippen LogP contribution is -2.50. The van der Waals surface area contributed by atoms with Crippen molar-refractivity contribution < 1.29 is 19.2 Å². The van der Waals surface area contributed by atoms with Crippen LogP contribution in [0.4, 0.5) is 4.79 Å². The van der Waals surface area contributed by atoms with Gasteiger partial charge < -0.3 is 15.7 Å². The van der Waals surface area contributed by atoms with Crippen molar-refractivity contribution in [3.05, 3.63) is 46.4 Å². The molecule has 136 valence electrons. The molecule has 1 heterocycles. The molecule has 0 aliphatic carbocycles. The van der Waals surface area contributed by atoms with Gasteiger partial charge >= 0.3 is 11.9 Å². The zero-order chi connectivity index (χ0) is 18.4. The van der Waals surface area contributed by atoms with Crippen LogP contribution in [0.1, 0.15) is 18.9 Å². The Kier molecular flexibility index (Phi) is 6.41. The number of halogens is 1. The molecule has 2 rings (SSSR count). The number of likely N-dealkylation sites (N-methyl/N-ethyl adjacent to an activating group) is 1. The predicted octanol–water partition coefficient (Wildman–Crippen LogP) is 1.29. The maximum Gasteiger partial charge on any atom is 0.427 e. The number of benzene rings is 1. The molecule has 0 saturated carbocycles. The van der Waals surface area contributed by atoms with Crippen LogP contribution >= 0.6 is 11.6 Å². The number of urea groups is 1. The molecule has 4 N–H and O–H groups in total. The third kappa shape index (κ3) is 4.31. The Morgan fingerprint density at radius 2 is 2.00 bits per heavy atom. The average molecular weight is 368 g/mol. The fourth-order valence-corrected chi connectivity index (χ4v) is 2.88. The summed E-state index contributed by atoms with van der Waals surface area (Å²) in [5, 5.41) is 18.1. The lowest BCUT2D eigenvalue weighted by Gasteiger charge is -2.26. The first-order valence-electron chi connectivity index (χ1n) is 8.21. The number of aliphatic hydroxyl groups excluding tert-OH is 1. The molecule has 7 nitrogen and oxygen atoms in total. The van der Waals surface area contributed by atoms with Crippen LogP contribution in [0.25, 0.3) is 0 Å². The van der Waals surface area contributed by atoms with Gasteiger partial charge in [0.05, 0.1) is 7.05 Å². The molecule has 0 radical (unpaired) electrons. The molecule has 1 aromatic carbocycles. The molecule has 1 atom stereocenters. The number of amides is 3. The summed E-state index contributed by atoms with van der Waals surface area (Å²) in [6, 6.07) is 6.91. The molecule has 0 bridgehead atoms. The third-order valence-electron chi connectivity index (χ3n) is 4.01. The fourth-order valence-electron chi connectivity index (χ4n) is 2.75. The van der Waals surface area contributed by atoms with Crippen LogP contribution in [0.2, 0.25) is 5.02 Å². The van der Waals surface area contributed by atoms with Gasteiger partial charge in [0.2, 0.25) is 5.70 Å². The molecule has 25 heavy (non-hydrogen) atoms. The van der Waals surface area contributed by atoms with E-state index >= 15 is 0 Å². The van der Waals surface area contributed by atoms with Crippen LogP contribution in [-0.2, 0) is 11.3 Å². The van der Waals surface area contributed by atoms with Crippen LogP contribution < -0.4 is 16.0 Å². The van der Waals surface area contributed by atoms with Crippen LogP contribution in [0.3, 0.4) is 0 Å². The van der Waals surface area contributed by atoms with E-state index in [9.17, 15) is 9.59 Å². The van der Waals surface area contributed by atoms with Gasteiger partial charge in [0.1, 0.15) is 6.54 Å². The van der Waals surface area contributed by atoms with Gasteiger partial charge in [-0.15, -0.1) is 0 Å². The van der Waals surface area contributed by atoms with Crippen molar-refractivity contribution in [2.75, 3.05) is 26.7 Å². The standard InChI is InChI=1S/C17H23ClN4O3/c1-3-19-15-14(16(24)20-9-4-10-23)22(2,17(25)21-15)11-12-5-7-13(18)8-6-12/h5-8,23H,3-4,9-11H2,1-2H3,(H2-,19,20,21,24,25)/p+1. The SMILES string of the molecule is CCNC1=C(C(=O)NCCCO)[N+](C)(Cc2ccc(Cl)cc2)C(=O)N1. The quantitative estimate of drug-likeness (QED) is 0.411. The summed E-state index contributed by atoms with van der Waals surface area (Å²) in [5.41, 5.74) is 1.22. The van der Waals surface area contributed by atoms with Gasteiger partial charge in [-0.25, -0.2) is 4.79 Å². The number of carbonyl (C=O) groups excluding carboxylic acids is 2. The number of nitrogens with one attached hydrogen (secondary N) is 3. The van der Waals surface area contributed by atoms with Crippen LogP contribution in [0.5, 0.6) is 0 Å². The van der Waals surface area contributed by atoms with Crippen LogP contribution in [0.15, 0.2) is 35.8 Å². The normalized spacial score (nSPS) is 19.8. The van der Waals surface area contributed by atoms with Crippen LogP contribution in [0, 0.1) is 0 Å². The molecule has 8 heteroatoms. The average Bonchev–Trinajstić information content (AvgIpc) is 2.81. The molecule has 1 unspecified atom stereocenters. The van der Waals surface area contributed by atoms with Crippen molar-refractivity contribution in [3.63, 3.8) is 0 Å². The van der Waals surface area contributed by atoms with Crippen molar-refractivity contribution in [1.29, 1.82) is 0 Å². The molecular formula is C17H24ClN4O3+.